The molecular weight excluding hydrogens is 2520 g/mol. The molecule has 140 heavy (non-hydrogen) atoms. The number of pyridine rings is 4. The third kappa shape index (κ3) is 22.4. The first kappa shape index (κ1) is 105. The zero-order valence-electron chi connectivity index (χ0n) is 82.1. The Morgan fingerprint density at radius 3 is 0.757 bits per heavy atom. The van der Waals surface area contributed by atoms with Gasteiger partial charge in [-0.1, -0.05) is 241 Å². The molecule has 0 amide bonds. The largest absolute Gasteiger partial charge is 0.507 e. The predicted molar refractivity (Wildman–Crippen MR) is 572 cm³/mol. The van der Waals surface area contributed by atoms with E-state index < -0.39 is 32.3 Å². The Morgan fingerprint density at radius 2 is 0.479 bits per heavy atom. The van der Waals surface area contributed by atoms with E-state index in [4.69, 9.17) is 19.9 Å². The number of phenols is 4. The Kier molecular flexibility index (Phi) is 32.5. The Labute approximate surface area is 882 Å². The van der Waals surface area contributed by atoms with E-state index in [1.807, 2.05) is 187 Å². The summed E-state index contributed by atoms with van der Waals surface area (Å²) < 4.78 is 8.25. The Hall–Kier alpha value is -12.1. The molecule has 4 N–H and O–H groups in total. The van der Waals surface area contributed by atoms with Gasteiger partial charge in [0.15, 0.2) is 0 Å². The van der Waals surface area contributed by atoms with Gasteiger partial charge in [-0.15, -0.1) is 119 Å². The van der Waals surface area contributed by atoms with E-state index in [-0.39, 0.29) is 107 Å². The number of aryl methyl sites for hydroxylation is 8. The summed E-state index contributed by atoms with van der Waals surface area (Å²) >= 11 is 0. The number of nitrogens with zero attached hydrogens (tertiary/aromatic N) is 12. The molecule has 720 valence electrons. The van der Waals surface area contributed by atoms with Crippen molar-refractivity contribution in [1.82, 2.24) is 58.1 Å². The number of aromatic hydroxyl groups is 4. The van der Waals surface area contributed by atoms with Gasteiger partial charge < -0.3 is 38.7 Å². The van der Waals surface area contributed by atoms with Crippen molar-refractivity contribution >= 4 is 97.2 Å². The van der Waals surface area contributed by atoms with Crippen molar-refractivity contribution in [3.63, 3.8) is 0 Å². The van der Waals surface area contributed by atoms with Crippen LogP contribution in [-0.2, 0) is 112 Å². The average Bonchev–Trinajstić information content (AvgIpc) is 1.60. The molecule has 0 aliphatic rings. The number of aromatic nitrogens is 12. The smallest absolute Gasteiger partial charge is 0.143 e. The van der Waals surface area contributed by atoms with Gasteiger partial charge in [0.1, 0.15) is 46.3 Å². The molecular formula is C116H112N12O4Pt4Si4-4. The second kappa shape index (κ2) is 43.2. The second-order valence-electron chi connectivity index (χ2n) is 39.4. The molecule has 0 aliphatic carbocycles. The standard InChI is InChI=1S/4C29H28N3OSi.4Pt/c2*1-19-12-13-24(27(33)16-19)29-31-28-23(10-7-11-26(28)32(29)2)20-8-6-9-21(17-20)25-18-22(14-15-30-25)34(3,4)5;2*1-19-12-13-23(27(33)15-19)29-31-28-24(17-22(34(3,4)5)18-26(28)32(29)2)20-9-8-10-21(16-20)25-11-6-7-14-30-25;;;;/h2*6-16,18,33H,1-5H3;2*6-15,17-18,33H,1-5H3;;;;/q4*-1;;;;. The van der Waals surface area contributed by atoms with Gasteiger partial charge in [-0.3, -0.25) is 19.9 Å². The van der Waals surface area contributed by atoms with Gasteiger partial charge in [-0.05, 0) is 147 Å². The first-order valence-electron chi connectivity index (χ1n) is 45.9. The predicted octanol–water partition coefficient (Wildman–Crippen LogP) is 25.3. The maximum Gasteiger partial charge on any atom is 0.143 e. The molecule has 24 heteroatoms. The van der Waals surface area contributed by atoms with Crippen molar-refractivity contribution in [2.45, 2.75) is 106 Å². The van der Waals surface area contributed by atoms with Gasteiger partial charge in [0.05, 0.1) is 98.7 Å². The van der Waals surface area contributed by atoms with Gasteiger partial charge in [0.2, 0.25) is 0 Å². The fraction of sp³-hybridized carbons (Fsp3) is 0.172. The molecule has 20 rings (SSSR count). The first-order chi connectivity index (χ1) is 64.9. The number of imidazole rings is 4. The molecule has 8 heterocycles. The van der Waals surface area contributed by atoms with Crippen LogP contribution in [0.3, 0.4) is 0 Å². The summed E-state index contributed by atoms with van der Waals surface area (Å²) in [7, 11) is 1.89. The van der Waals surface area contributed by atoms with Crippen molar-refractivity contribution < 1.29 is 105 Å². The van der Waals surface area contributed by atoms with Crippen LogP contribution in [0.4, 0.5) is 0 Å². The molecule has 0 radical (unpaired) electrons. The minimum Gasteiger partial charge on any atom is -0.507 e. The number of phenolic OH excluding ortho intramolecular Hbond substituents is 4. The van der Waals surface area contributed by atoms with Crippen LogP contribution in [0.1, 0.15) is 22.3 Å². The first-order valence-corrected chi connectivity index (χ1v) is 59.9. The van der Waals surface area contributed by atoms with Crippen molar-refractivity contribution in [3.05, 3.63) is 338 Å². The van der Waals surface area contributed by atoms with Gasteiger partial charge in [0, 0.05) is 160 Å². The average molecular weight is 2630 g/mol. The molecule has 0 aliphatic heterocycles. The van der Waals surface area contributed by atoms with E-state index >= 15 is 0 Å². The normalized spacial score (nSPS) is 11.5. The summed E-state index contributed by atoms with van der Waals surface area (Å²) in [5.41, 5.74) is 30.3. The fourth-order valence-electron chi connectivity index (χ4n) is 17.2. The second-order valence-corrected chi connectivity index (χ2v) is 59.7. The van der Waals surface area contributed by atoms with E-state index in [9.17, 15) is 20.4 Å². The van der Waals surface area contributed by atoms with E-state index in [2.05, 4.69) is 265 Å². The summed E-state index contributed by atoms with van der Waals surface area (Å²) in [4.78, 5) is 38.3. The molecule has 0 unspecified atom stereocenters. The van der Waals surface area contributed by atoms with Crippen LogP contribution in [0.2, 0.25) is 78.6 Å². The minimum absolute atomic E-state index is 0. The maximum absolute atomic E-state index is 10.7. The third-order valence-electron chi connectivity index (χ3n) is 25.1. The van der Waals surface area contributed by atoms with E-state index in [1.165, 1.54) is 20.7 Å². The van der Waals surface area contributed by atoms with Gasteiger partial charge in [-0.2, -0.15) is 0 Å². The SMILES string of the molecule is Cc1ccc(-c2nc3c(-c4[c-]c(-c5cc([Si](C)(C)C)ccn5)ccc4)cccc3n2C)c(O)c1.Cc1ccc(-c2nc3c(-c4[c-]c(-c5cc([Si](C)(C)C)ccn5)ccc4)cccc3n2C)c(O)c1.Cc1ccc(-c2nc3c(-c4[c-]c(-c5ccccn5)ccc4)cc([Si](C)(C)C)cc3n2C)c(O)c1.Cc1ccc(-c2nc3c(-c4[c-]c(-c5ccccn5)ccc4)cc([Si](C)(C)C)cc3n2C)c(O)c1.[Pt].[Pt].[Pt].[Pt]. The fourth-order valence-corrected chi connectivity index (χ4v) is 21.8. The molecule has 0 fully saturated rings. The van der Waals surface area contributed by atoms with Gasteiger partial charge >= 0.3 is 0 Å². The van der Waals surface area contributed by atoms with Crippen LogP contribution >= 0.6 is 0 Å². The minimum atomic E-state index is -1.62. The number of hydrogen-bond donors (Lipinski definition) is 4. The van der Waals surface area contributed by atoms with Crippen molar-refractivity contribution in [3.8, 4) is 158 Å². The third-order valence-corrected chi connectivity index (χ3v) is 33.3. The molecule has 16 nitrogen and oxygen atoms in total. The number of hydrogen-bond acceptors (Lipinski definition) is 12. The molecule has 0 saturated heterocycles. The van der Waals surface area contributed by atoms with E-state index in [0.29, 0.717) is 0 Å². The molecule has 20 aromatic rings. The quantitative estimate of drug-likeness (QED) is 0.0527. The maximum atomic E-state index is 10.7. The van der Waals surface area contributed by atoms with Gasteiger partial charge in [-0.25, -0.2) is 19.9 Å². The molecule has 0 spiro atoms. The number of para-hydroxylation sites is 2. The molecule has 0 saturated carbocycles. The topological polar surface area (TPSA) is 204 Å². The van der Waals surface area contributed by atoms with Crippen LogP contribution in [0.15, 0.2) is 292 Å². The summed E-state index contributed by atoms with van der Waals surface area (Å²) in [6.07, 6.45) is 7.42. The zero-order valence-corrected chi connectivity index (χ0v) is 95.2. The van der Waals surface area contributed by atoms with Crippen LogP contribution < -0.4 is 20.7 Å². The van der Waals surface area contributed by atoms with Crippen LogP contribution in [0, 0.1) is 52.0 Å². The van der Waals surface area contributed by atoms with Crippen molar-refractivity contribution in [2.75, 3.05) is 0 Å². The summed E-state index contributed by atoms with van der Waals surface area (Å²) in [6.45, 7) is 36.1. The summed E-state index contributed by atoms with van der Waals surface area (Å²) in [5.74, 6) is 3.94. The molecule has 12 aromatic carbocycles. The Bertz CT molecular complexity index is 7510. The summed E-state index contributed by atoms with van der Waals surface area (Å²) in [6, 6.07) is 104. The van der Waals surface area contributed by atoms with E-state index in [0.717, 1.165) is 201 Å². The van der Waals surface area contributed by atoms with Crippen molar-refractivity contribution in [2.24, 2.45) is 28.2 Å². The Morgan fingerprint density at radius 1 is 0.221 bits per heavy atom. The van der Waals surface area contributed by atoms with Crippen molar-refractivity contribution in [1.29, 1.82) is 0 Å². The molecule has 0 bridgehead atoms. The number of fused-ring (bicyclic) bond motifs is 4. The Balaban J connectivity index is 0.000000156. The summed E-state index contributed by atoms with van der Waals surface area (Å²) in [5, 5.41) is 47.9. The number of benzene rings is 12. The van der Waals surface area contributed by atoms with Crippen LogP contribution in [-0.4, -0.2) is 111 Å². The van der Waals surface area contributed by atoms with Crippen LogP contribution in [0.5, 0.6) is 23.0 Å². The zero-order chi connectivity index (χ0) is 96.1. The van der Waals surface area contributed by atoms with Crippen LogP contribution in [0.25, 0.3) is 179 Å². The van der Waals surface area contributed by atoms with E-state index in [1.54, 1.807) is 36.7 Å². The number of rotatable bonds is 16. The molecule has 0 atom stereocenters. The molecule has 8 aromatic heterocycles. The monoisotopic (exact) mass is 2630 g/mol. The van der Waals surface area contributed by atoms with Gasteiger partial charge in [0.25, 0.3) is 0 Å².